The zero-order valence-corrected chi connectivity index (χ0v) is 23.2. The van der Waals surface area contributed by atoms with Crippen molar-refractivity contribution in [1.82, 2.24) is 10.7 Å². The fourth-order valence-electron chi connectivity index (χ4n) is 8.77. The summed E-state index contributed by atoms with van der Waals surface area (Å²) in [4.78, 5) is 12.6. The number of carbonyl (C=O) groups excluding carboxylic acids is 1. The van der Waals surface area contributed by atoms with Gasteiger partial charge in [-0.25, -0.2) is 0 Å². The van der Waals surface area contributed by atoms with Crippen LogP contribution < -0.4 is 10.7 Å². The maximum Gasteiger partial charge on any atom is 0.186 e. The van der Waals surface area contributed by atoms with Crippen LogP contribution in [-0.4, -0.2) is 24.2 Å². The SMILES string of the molecule is CNC(=S)N/N=C/C1=C2CC(=O)CC[C@]2(C)[C@H]2CC[C@]3(C)[C@@H]([C@H](C)CCCC(C)C)CC[C@H]3[C@H]12. The smallest absolute Gasteiger partial charge is 0.186 e. The fraction of sp³-hybridized carbons (Fsp3) is 0.828. The number of allylic oxidation sites excluding steroid dienone is 2. The number of thiocarbonyl (C=S) groups is 1. The summed E-state index contributed by atoms with van der Waals surface area (Å²) < 4.78 is 0. The van der Waals surface area contributed by atoms with Crippen LogP contribution in [0.25, 0.3) is 0 Å². The Hall–Kier alpha value is -1.23. The van der Waals surface area contributed by atoms with Gasteiger partial charge in [0.15, 0.2) is 5.11 Å². The molecular weight excluding hydrogens is 438 g/mol. The lowest BCUT2D eigenvalue weighted by Gasteiger charge is -2.52. The molecule has 4 aliphatic carbocycles. The molecule has 0 aromatic rings. The van der Waals surface area contributed by atoms with E-state index in [1.807, 2.05) is 13.3 Å². The first-order chi connectivity index (χ1) is 16.1. The third-order valence-electron chi connectivity index (χ3n) is 10.6. The first kappa shape index (κ1) is 25.9. The number of nitrogens with one attached hydrogen (secondary N) is 2. The molecule has 2 N–H and O–H groups in total. The molecule has 4 rings (SSSR count). The van der Waals surface area contributed by atoms with Crippen LogP contribution in [0.3, 0.4) is 0 Å². The second-order valence-electron chi connectivity index (χ2n) is 12.8. The molecule has 0 bridgehead atoms. The van der Waals surface area contributed by atoms with Crippen LogP contribution in [0, 0.1) is 46.3 Å². The van der Waals surface area contributed by atoms with Gasteiger partial charge in [0.2, 0.25) is 0 Å². The summed E-state index contributed by atoms with van der Waals surface area (Å²) in [6, 6.07) is 0. The highest BCUT2D eigenvalue weighted by atomic mass is 32.1. The van der Waals surface area contributed by atoms with Crippen LogP contribution in [0.2, 0.25) is 0 Å². The molecule has 0 unspecified atom stereocenters. The monoisotopic (exact) mass is 485 g/mol. The van der Waals surface area contributed by atoms with E-state index in [1.54, 1.807) is 0 Å². The minimum Gasteiger partial charge on any atom is -0.364 e. The van der Waals surface area contributed by atoms with E-state index < -0.39 is 0 Å². The Balaban J connectivity index is 1.62. The van der Waals surface area contributed by atoms with E-state index in [2.05, 4.69) is 50.5 Å². The molecule has 0 saturated heterocycles. The molecule has 3 saturated carbocycles. The Kier molecular flexibility index (Phi) is 7.62. The largest absolute Gasteiger partial charge is 0.364 e. The lowest BCUT2D eigenvalue weighted by molar-refractivity contribution is -0.121. The molecule has 4 nitrogen and oxygen atoms in total. The van der Waals surface area contributed by atoms with Gasteiger partial charge < -0.3 is 5.32 Å². The highest BCUT2D eigenvalue weighted by molar-refractivity contribution is 7.80. The first-order valence-corrected chi connectivity index (χ1v) is 14.3. The molecule has 7 atom stereocenters. The molecule has 190 valence electrons. The van der Waals surface area contributed by atoms with Crippen molar-refractivity contribution >= 4 is 29.3 Å². The van der Waals surface area contributed by atoms with Gasteiger partial charge in [0.1, 0.15) is 5.78 Å². The summed E-state index contributed by atoms with van der Waals surface area (Å²) in [5, 5.41) is 8.03. The minimum atomic E-state index is 0.158. The molecule has 0 aromatic heterocycles. The Bertz CT molecular complexity index is 863. The van der Waals surface area contributed by atoms with Crippen molar-refractivity contribution in [2.24, 2.45) is 51.4 Å². The Morgan fingerprint density at radius 2 is 1.91 bits per heavy atom. The van der Waals surface area contributed by atoms with Crippen molar-refractivity contribution in [1.29, 1.82) is 0 Å². The summed E-state index contributed by atoms with van der Waals surface area (Å²) >= 11 is 5.25. The second-order valence-corrected chi connectivity index (χ2v) is 13.2. The molecule has 0 heterocycles. The predicted octanol–water partition coefficient (Wildman–Crippen LogP) is 6.66. The number of hydrogen-bond acceptors (Lipinski definition) is 3. The average Bonchev–Trinajstić information content (AvgIpc) is 3.25. The lowest BCUT2D eigenvalue weighted by atomic mass is 9.52. The van der Waals surface area contributed by atoms with E-state index in [1.165, 1.54) is 56.1 Å². The average molecular weight is 486 g/mol. The summed E-state index contributed by atoms with van der Waals surface area (Å²) in [7, 11) is 1.81. The van der Waals surface area contributed by atoms with E-state index in [-0.39, 0.29) is 5.41 Å². The summed E-state index contributed by atoms with van der Waals surface area (Å²) in [6.45, 7) is 12.3. The zero-order valence-electron chi connectivity index (χ0n) is 22.4. The molecule has 0 aliphatic heterocycles. The van der Waals surface area contributed by atoms with E-state index >= 15 is 0 Å². The van der Waals surface area contributed by atoms with Crippen molar-refractivity contribution in [2.45, 2.75) is 98.8 Å². The van der Waals surface area contributed by atoms with E-state index in [0.717, 1.165) is 30.6 Å². The fourth-order valence-corrected chi connectivity index (χ4v) is 8.83. The van der Waals surface area contributed by atoms with Crippen molar-refractivity contribution in [3.05, 3.63) is 11.1 Å². The van der Waals surface area contributed by atoms with E-state index in [4.69, 9.17) is 12.2 Å². The van der Waals surface area contributed by atoms with Crippen LogP contribution in [0.15, 0.2) is 16.2 Å². The normalized spacial score (nSPS) is 38.1. The first-order valence-electron chi connectivity index (χ1n) is 13.9. The predicted molar refractivity (Wildman–Crippen MR) is 146 cm³/mol. The number of rotatable bonds is 7. The van der Waals surface area contributed by atoms with E-state index in [9.17, 15) is 4.79 Å². The van der Waals surface area contributed by atoms with Gasteiger partial charge in [0.05, 0.1) is 6.21 Å². The Morgan fingerprint density at radius 1 is 1.15 bits per heavy atom. The number of nitrogens with zero attached hydrogens (tertiary/aromatic N) is 1. The number of hydrogen-bond donors (Lipinski definition) is 2. The zero-order chi connectivity index (χ0) is 24.7. The van der Waals surface area contributed by atoms with Crippen molar-refractivity contribution in [2.75, 3.05) is 7.05 Å². The number of Topliss-reactive ketones (excluding diaryl/α,β-unsaturated/α-hetero) is 1. The maximum absolute atomic E-state index is 12.6. The topological polar surface area (TPSA) is 53.5 Å². The van der Waals surface area contributed by atoms with Gasteiger partial charge in [0, 0.05) is 19.9 Å². The maximum atomic E-state index is 12.6. The van der Waals surface area contributed by atoms with Crippen LogP contribution in [0.1, 0.15) is 98.8 Å². The number of fused-ring (bicyclic) bond motifs is 5. The lowest BCUT2D eigenvalue weighted by Crippen LogP contribution is -2.45. The molecule has 0 radical (unpaired) electrons. The summed E-state index contributed by atoms with van der Waals surface area (Å²) in [6.07, 6.45) is 13.8. The van der Waals surface area contributed by atoms with Gasteiger partial charge in [0.25, 0.3) is 0 Å². The van der Waals surface area contributed by atoms with Gasteiger partial charge in [-0.15, -0.1) is 0 Å². The van der Waals surface area contributed by atoms with Crippen LogP contribution in [0.5, 0.6) is 0 Å². The van der Waals surface area contributed by atoms with Crippen LogP contribution >= 0.6 is 12.2 Å². The summed E-state index contributed by atoms with van der Waals surface area (Å²) in [5.41, 5.74) is 6.31. The quantitative estimate of drug-likeness (QED) is 0.241. The number of carbonyl (C=O) groups is 1. The summed E-state index contributed by atoms with van der Waals surface area (Å²) in [5.74, 6) is 4.71. The highest BCUT2D eigenvalue weighted by Crippen LogP contribution is 2.69. The molecular formula is C29H47N3OS. The van der Waals surface area contributed by atoms with Crippen molar-refractivity contribution in [3.63, 3.8) is 0 Å². The second kappa shape index (κ2) is 10.0. The van der Waals surface area contributed by atoms with Crippen LogP contribution in [-0.2, 0) is 4.79 Å². The van der Waals surface area contributed by atoms with Crippen LogP contribution in [0.4, 0.5) is 0 Å². The van der Waals surface area contributed by atoms with E-state index in [0.29, 0.717) is 40.5 Å². The van der Waals surface area contributed by atoms with Gasteiger partial charge in [-0.2, -0.15) is 5.10 Å². The molecule has 4 aliphatic rings. The molecule has 0 spiro atoms. The standard InChI is InChI=1S/C29H47N3OS/c1-18(2)8-7-9-19(3)22-10-11-23-26-21(17-31-32-27(34)30-6)25-16-20(33)12-14-29(25,5)24(26)13-15-28(22,23)4/h17-19,22-24,26H,7-16H2,1-6H3,(H2,30,32,34)/b31-17+/t19-,22-,23+,24+,26+,28-,29-/m1/s1. The van der Waals surface area contributed by atoms with Gasteiger partial charge in [-0.1, -0.05) is 59.5 Å². The molecule has 0 aromatic carbocycles. The molecule has 0 amide bonds. The van der Waals surface area contributed by atoms with Crippen molar-refractivity contribution < 1.29 is 4.79 Å². The molecule has 3 fully saturated rings. The number of ketones is 1. The third-order valence-corrected chi connectivity index (χ3v) is 10.9. The number of hydrazone groups is 1. The third kappa shape index (κ3) is 4.51. The van der Waals surface area contributed by atoms with Gasteiger partial charge in [-0.05, 0) is 96.2 Å². The Labute approximate surface area is 213 Å². The highest BCUT2D eigenvalue weighted by Gasteiger charge is 2.62. The van der Waals surface area contributed by atoms with Gasteiger partial charge >= 0.3 is 0 Å². The molecule has 5 heteroatoms. The van der Waals surface area contributed by atoms with Gasteiger partial charge in [-0.3, -0.25) is 10.2 Å². The minimum absolute atomic E-state index is 0.158. The Morgan fingerprint density at radius 3 is 2.62 bits per heavy atom. The molecule has 34 heavy (non-hydrogen) atoms. The van der Waals surface area contributed by atoms with Crippen molar-refractivity contribution in [3.8, 4) is 0 Å².